The summed E-state index contributed by atoms with van der Waals surface area (Å²) in [6.07, 6.45) is 61.8. The Morgan fingerprint density at radius 2 is 0.815 bits per heavy atom. The molecular formula is C57H97NO7. The molecule has 0 N–H and O–H groups in total. The van der Waals surface area contributed by atoms with Crippen molar-refractivity contribution in [2.24, 2.45) is 0 Å². The van der Waals surface area contributed by atoms with Crippen LogP contribution in [0.15, 0.2) is 85.1 Å². The van der Waals surface area contributed by atoms with Crippen molar-refractivity contribution in [2.75, 3.05) is 41.0 Å². The number of nitrogens with zero attached hydrogens (tertiary/aromatic N) is 1. The fraction of sp³-hybridized carbons (Fsp3) is 0.702. The Kier molecular flexibility index (Phi) is 44.5. The minimum Gasteiger partial charge on any atom is -0.544 e. The third-order valence-electron chi connectivity index (χ3n) is 11.3. The highest BCUT2D eigenvalue weighted by molar-refractivity contribution is 5.70. The average Bonchev–Trinajstić information content (AvgIpc) is 3.27. The molecule has 0 heterocycles. The second kappa shape index (κ2) is 47.0. The molecule has 0 rings (SSSR count). The van der Waals surface area contributed by atoms with E-state index in [-0.39, 0.29) is 42.7 Å². The highest BCUT2D eigenvalue weighted by Gasteiger charge is 2.25. The number of carbonyl (C=O) groups excluding carboxylic acids is 3. The Labute approximate surface area is 399 Å². The van der Waals surface area contributed by atoms with Crippen LogP contribution in [0.1, 0.15) is 206 Å². The molecule has 0 fully saturated rings. The number of likely N-dealkylation sites (N-methyl/N-ethyl adjacent to an activating group) is 1. The predicted molar refractivity (Wildman–Crippen MR) is 272 cm³/mol. The minimum absolute atomic E-state index is 0.0328. The molecule has 65 heavy (non-hydrogen) atoms. The van der Waals surface area contributed by atoms with Crippen LogP contribution >= 0.6 is 0 Å². The van der Waals surface area contributed by atoms with E-state index in [1.807, 2.05) is 0 Å². The Balaban J connectivity index is 4.26. The van der Waals surface area contributed by atoms with Crippen LogP contribution in [0.2, 0.25) is 0 Å². The summed E-state index contributed by atoms with van der Waals surface area (Å²) in [4.78, 5) is 37.1. The molecule has 0 saturated heterocycles. The van der Waals surface area contributed by atoms with Gasteiger partial charge in [0, 0.05) is 19.3 Å². The van der Waals surface area contributed by atoms with Crippen molar-refractivity contribution in [2.45, 2.75) is 219 Å². The van der Waals surface area contributed by atoms with Gasteiger partial charge in [-0.2, -0.15) is 0 Å². The van der Waals surface area contributed by atoms with E-state index < -0.39 is 18.1 Å². The van der Waals surface area contributed by atoms with E-state index in [4.69, 9.17) is 14.2 Å². The lowest BCUT2D eigenvalue weighted by Crippen LogP contribution is -2.55. The van der Waals surface area contributed by atoms with Gasteiger partial charge >= 0.3 is 11.9 Å². The monoisotopic (exact) mass is 908 g/mol. The van der Waals surface area contributed by atoms with E-state index in [1.54, 1.807) is 21.1 Å². The van der Waals surface area contributed by atoms with Gasteiger partial charge in [-0.1, -0.05) is 189 Å². The van der Waals surface area contributed by atoms with Crippen LogP contribution in [0.4, 0.5) is 0 Å². The zero-order chi connectivity index (χ0) is 47.7. The molecule has 0 aromatic carbocycles. The Bertz CT molecular complexity index is 1330. The quantitative estimate of drug-likeness (QED) is 0.0259. The summed E-state index contributed by atoms with van der Waals surface area (Å²) in [6, 6.07) is -0.732. The van der Waals surface area contributed by atoms with E-state index in [9.17, 15) is 19.5 Å². The number of esters is 2. The number of ether oxygens (including phenoxy) is 3. The van der Waals surface area contributed by atoms with Crippen LogP contribution in [-0.2, 0) is 28.6 Å². The van der Waals surface area contributed by atoms with Gasteiger partial charge in [-0.05, 0) is 83.5 Å². The molecule has 0 aromatic rings. The Morgan fingerprint density at radius 1 is 0.462 bits per heavy atom. The molecule has 0 aromatic heterocycles. The summed E-state index contributed by atoms with van der Waals surface area (Å²) in [5.41, 5.74) is 0. The van der Waals surface area contributed by atoms with E-state index in [0.717, 1.165) is 96.3 Å². The highest BCUT2D eigenvalue weighted by atomic mass is 16.6. The molecule has 8 nitrogen and oxygen atoms in total. The molecule has 2 atom stereocenters. The number of hydrogen-bond donors (Lipinski definition) is 0. The van der Waals surface area contributed by atoms with Crippen molar-refractivity contribution in [3.05, 3.63) is 85.1 Å². The number of quaternary nitrogens is 1. The maximum Gasteiger partial charge on any atom is 0.306 e. The standard InChI is InChI=1S/C57H97NO7/c1-6-8-10-12-14-16-18-20-22-24-26-27-28-30-32-34-36-38-40-42-44-46-48-56(60)65-53(51-63-50-49-54(57(61)62)58(3,4)5)52-64-55(59)47-45-43-41-39-37-35-33-31-29-25-23-21-19-17-15-13-11-9-7-2/h8-11,14-17,20-23,26-27,53-54H,6-7,12-13,18-19,24-25,28-52H2,1-5H3/b10-8+,11-9+,16-14+,17-15+,22-20+,23-21+,27-26+. The number of unbranched alkanes of at least 4 members (excludes halogenated alkanes) is 18. The van der Waals surface area contributed by atoms with Crippen LogP contribution in [0, 0.1) is 0 Å². The summed E-state index contributed by atoms with van der Waals surface area (Å²) in [5, 5.41) is 11.7. The maximum absolute atomic E-state index is 12.8. The van der Waals surface area contributed by atoms with Crippen LogP contribution in [-0.4, -0.2) is 75.5 Å². The number of aliphatic carboxylic acids is 1. The first-order chi connectivity index (χ1) is 31.6. The Morgan fingerprint density at radius 3 is 1.20 bits per heavy atom. The molecular weight excluding hydrogens is 811 g/mol. The summed E-state index contributed by atoms with van der Waals surface area (Å²) in [5.74, 6) is -1.75. The fourth-order valence-corrected chi connectivity index (χ4v) is 7.31. The maximum atomic E-state index is 12.8. The van der Waals surface area contributed by atoms with Gasteiger partial charge in [-0.15, -0.1) is 0 Å². The number of carboxylic acids is 1. The van der Waals surface area contributed by atoms with Gasteiger partial charge in [0.2, 0.25) is 0 Å². The Hall–Kier alpha value is -3.49. The van der Waals surface area contributed by atoms with Crippen molar-refractivity contribution < 1.29 is 38.2 Å². The molecule has 0 aliphatic carbocycles. The summed E-state index contributed by atoms with van der Waals surface area (Å²) >= 11 is 0. The molecule has 0 bridgehead atoms. The first-order valence-electron chi connectivity index (χ1n) is 26.1. The van der Waals surface area contributed by atoms with Crippen molar-refractivity contribution in [3.63, 3.8) is 0 Å². The van der Waals surface area contributed by atoms with E-state index in [2.05, 4.69) is 98.9 Å². The van der Waals surface area contributed by atoms with Crippen LogP contribution < -0.4 is 5.11 Å². The van der Waals surface area contributed by atoms with Crippen molar-refractivity contribution in [1.29, 1.82) is 0 Å². The van der Waals surface area contributed by atoms with Gasteiger partial charge in [0.25, 0.3) is 0 Å². The van der Waals surface area contributed by atoms with Crippen LogP contribution in [0.5, 0.6) is 0 Å². The topological polar surface area (TPSA) is 102 Å². The molecule has 0 amide bonds. The van der Waals surface area contributed by atoms with Crippen molar-refractivity contribution in [3.8, 4) is 0 Å². The SMILES string of the molecule is CC/C=C/C/C=C/C/C=C/C/C=C/CCCCCCCCCCCC(=O)OC(COCCC(C(=O)[O-])[N+](C)(C)C)COC(=O)CCCCCCCCCCC/C=C/C/C=C/C/C=C/CC. The molecule has 2 unspecified atom stereocenters. The molecule has 8 heteroatoms. The zero-order valence-corrected chi connectivity index (χ0v) is 42.4. The molecule has 0 radical (unpaired) electrons. The van der Waals surface area contributed by atoms with Gasteiger partial charge in [0.15, 0.2) is 6.10 Å². The van der Waals surface area contributed by atoms with Crippen LogP contribution in [0.25, 0.3) is 0 Å². The number of carboxylic acid groups (broad SMARTS) is 1. The smallest absolute Gasteiger partial charge is 0.306 e. The second-order valence-electron chi connectivity index (χ2n) is 18.3. The van der Waals surface area contributed by atoms with Gasteiger partial charge in [0.05, 0.1) is 40.3 Å². The minimum atomic E-state index is -1.13. The number of carbonyl (C=O) groups is 3. The lowest BCUT2D eigenvalue weighted by atomic mass is 10.1. The van der Waals surface area contributed by atoms with E-state index in [1.165, 1.54) is 77.0 Å². The van der Waals surface area contributed by atoms with Crippen molar-refractivity contribution in [1.82, 2.24) is 0 Å². The van der Waals surface area contributed by atoms with Crippen LogP contribution in [0.3, 0.4) is 0 Å². The fourth-order valence-electron chi connectivity index (χ4n) is 7.31. The molecule has 0 saturated carbocycles. The summed E-state index contributed by atoms with van der Waals surface area (Å²) in [6.45, 7) is 4.44. The van der Waals surface area contributed by atoms with E-state index in [0.29, 0.717) is 12.8 Å². The van der Waals surface area contributed by atoms with Gasteiger partial charge in [0.1, 0.15) is 12.6 Å². The highest BCUT2D eigenvalue weighted by Crippen LogP contribution is 2.15. The zero-order valence-electron chi connectivity index (χ0n) is 42.4. The average molecular weight is 908 g/mol. The van der Waals surface area contributed by atoms with Gasteiger partial charge in [-0.25, -0.2) is 0 Å². The molecule has 0 aliphatic rings. The number of allylic oxidation sites excluding steroid dienone is 14. The summed E-state index contributed by atoms with van der Waals surface area (Å²) < 4.78 is 17.3. The van der Waals surface area contributed by atoms with Gasteiger partial charge in [-0.3, -0.25) is 9.59 Å². The predicted octanol–water partition coefficient (Wildman–Crippen LogP) is 13.9. The first kappa shape index (κ1) is 61.5. The molecule has 0 aliphatic heterocycles. The lowest BCUT2D eigenvalue weighted by Gasteiger charge is -2.34. The molecule has 372 valence electrons. The largest absolute Gasteiger partial charge is 0.544 e. The first-order valence-corrected chi connectivity index (χ1v) is 26.1. The third kappa shape index (κ3) is 45.5. The van der Waals surface area contributed by atoms with E-state index >= 15 is 0 Å². The lowest BCUT2D eigenvalue weighted by molar-refractivity contribution is -0.889. The number of rotatable bonds is 46. The number of hydrogen-bond acceptors (Lipinski definition) is 7. The normalized spacial score (nSPS) is 13.6. The van der Waals surface area contributed by atoms with Gasteiger partial charge < -0.3 is 28.6 Å². The van der Waals surface area contributed by atoms with Crippen molar-refractivity contribution >= 4 is 17.9 Å². The molecule has 0 spiro atoms. The summed E-state index contributed by atoms with van der Waals surface area (Å²) in [7, 11) is 5.41. The second-order valence-corrected chi connectivity index (χ2v) is 18.3. The third-order valence-corrected chi connectivity index (χ3v) is 11.3.